The van der Waals surface area contributed by atoms with Crippen molar-refractivity contribution in [3.63, 3.8) is 0 Å². The maximum atomic E-state index is 13.5. The van der Waals surface area contributed by atoms with Crippen LogP contribution in [0.1, 0.15) is 259 Å². The van der Waals surface area contributed by atoms with Crippen LogP contribution in [0.5, 0.6) is 0 Å². The Kier molecular flexibility index (Phi) is 25.6. The molecular weight excluding hydrogens is 791 g/mol. The van der Waals surface area contributed by atoms with E-state index in [1.54, 1.807) is 6.07 Å². The molecule has 0 aliphatic carbocycles. The Morgan fingerprint density at radius 1 is 0.365 bits per heavy atom. The summed E-state index contributed by atoms with van der Waals surface area (Å²) in [5.41, 5.74) is 13.5. The molecule has 348 valence electrons. The summed E-state index contributed by atoms with van der Waals surface area (Å²) in [7, 11) is 0. The van der Waals surface area contributed by atoms with Gasteiger partial charge in [-0.3, -0.25) is 9.97 Å². The van der Waals surface area contributed by atoms with Crippen LogP contribution in [0.4, 0.5) is 4.39 Å². The van der Waals surface area contributed by atoms with Gasteiger partial charge in [0.05, 0.1) is 0 Å². The van der Waals surface area contributed by atoms with Gasteiger partial charge in [-0.15, -0.1) is 0 Å². The van der Waals surface area contributed by atoms with Crippen LogP contribution in [0.3, 0.4) is 0 Å². The second-order valence-corrected chi connectivity index (χ2v) is 20.6. The van der Waals surface area contributed by atoms with Crippen LogP contribution in [-0.2, 0) is 0 Å². The van der Waals surface area contributed by atoms with Crippen molar-refractivity contribution >= 4 is 11.6 Å². The Bertz CT molecular complexity index is 1760. The van der Waals surface area contributed by atoms with E-state index in [1.165, 1.54) is 50.5 Å². The van der Waals surface area contributed by atoms with Crippen LogP contribution in [0.2, 0.25) is 5.02 Å². The number of hydrogen-bond donors (Lipinski definition) is 0. The fourth-order valence-corrected chi connectivity index (χ4v) is 7.04. The molecule has 0 fully saturated rings. The third kappa shape index (κ3) is 20.3. The van der Waals surface area contributed by atoms with E-state index in [1.807, 2.05) is 32.2 Å². The summed E-state index contributed by atoms with van der Waals surface area (Å²) in [4.78, 5) is 8.99. The van der Waals surface area contributed by atoms with Crippen molar-refractivity contribution < 1.29 is 4.39 Å². The summed E-state index contributed by atoms with van der Waals surface area (Å²) in [6.07, 6.45) is 1.99. The van der Waals surface area contributed by atoms with E-state index in [-0.39, 0.29) is 11.7 Å². The number of aromatic nitrogens is 2. The van der Waals surface area contributed by atoms with Gasteiger partial charge in [0.1, 0.15) is 5.82 Å². The molecule has 0 atom stereocenters. The van der Waals surface area contributed by atoms with Crippen molar-refractivity contribution in [1.29, 1.82) is 0 Å². The Labute approximate surface area is 392 Å². The first-order chi connectivity index (χ1) is 29.3. The number of pyridine rings is 2. The van der Waals surface area contributed by atoms with Gasteiger partial charge in [0, 0.05) is 28.3 Å². The first-order valence-corrected chi connectivity index (χ1v) is 24.3. The highest BCUT2D eigenvalue weighted by Gasteiger charge is 2.10. The van der Waals surface area contributed by atoms with E-state index in [0.29, 0.717) is 53.3 Å². The summed E-state index contributed by atoms with van der Waals surface area (Å²) in [5.74, 6) is 5.17. The van der Waals surface area contributed by atoms with Crippen molar-refractivity contribution in [3.05, 3.63) is 164 Å². The smallest absolute Gasteiger partial charge is 0.126 e. The molecule has 2 nitrogen and oxygen atoms in total. The van der Waals surface area contributed by atoms with Crippen LogP contribution in [0.25, 0.3) is 0 Å². The van der Waals surface area contributed by atoms with Crippen LogP contribution in [-0.4, -0.2) is 9.97 Å². The molecule has 0 bridgehead atoms. The molecule has 3 aromatic carbocycles. The first-order valence-electron chi connectivity index (χ1n) is 23.9. The number of rotatable bonds is 10. The zero-order valence-electron chi connectivity index (χ0n) is 43.6. The normalized spacial score (nSPS) is 11.3. The first kappa shape index (κ1) is 57.2. The Morgan fingerprint density at radius 3 is 1.03 bits per heavy atom. The molecule has 4 heteroatoms. The van der Waals surface area contributed by atoms with E-state index in [0.717, 1.165) is 16.1 Å². The number of halogens is 2. The molecule has 0 aliphatic rings. The zero-order chi connectivity index (χ0) is 48.3. The monoisotopic (exact) mass is 879 g/mol. The zero-order valence-corrected chi connectivity index (χ0v) is 44.3. The fourth-order valence-electron chi connectivity index (χ4n) is 6.63. The van der Waals surface area contributed by atoms with Gasteiger partial charge in [0.2, 0.25) is 0 Å². The summed E-state index contributed by atoms with van der Waals surface area (Å²) in [6.45, 7) is 45.3. The van der Waals surface area contributed by atoms with Crippen molar-refractivity contribution in [3.8, 4) is 0 Å². The lowest BCUT2D eigenvalue weighted by Gasteiger charge is -2.11. The molecule has 0 amide bonds. The van der Waals surface area contributed by atoms with E-state index in [9.17, 15) is 4.39 Å². The predicted octanol–water partition coefficient (Wildman–Crippen LogP) is 19.6. The molecule has 0 spiro atoms. The van der Waals surface area contributed by atoms with Crippen molar-refractivity contribution in [2.75, 3.05) is 0 Å². The minimum Gasteiger partial charge on any atom is -0.261 e. The van der Waals surface area contributed by atoms with Crippen LogP contribution in [0, 0.1) is 12.7 Å². The molecule has 63 heavy (non-hydrogen) atoms. The number of aryl methyl sites for hydroxylation is 1. The van der Waals surface area contributed by atoms with E-state index >= 15 is 0 Å². The molecule has 0 radical (unpaired) electrons. The molecule has 5 aromatic rings. The lowest BCUT2D eigenvalue weighted by Crippen LogP contribution is -2.00. The summed E-state index contributed by atoms with van der Waals surface area (Å²) >= 11 is 6.17. The summed E-state index contributed by atoms with van der Waals surface area (Å²) in [5, 5.41) is 0.904. The van der Waals surface area contributed by atoms with E-state index in [4.69, 9.17) is 11.6 Å². The average Bonchev–Trinajstić information content (AvgIpc) is 3.21. The average molecular weight is 880 g/mol. The Morgan fingerprint density at radius 2 is 0.714 bits per heavy atom. The molecular formula is C59H88ClFN2. The van der Waals surface area contributed by atoms with Crippen LogP contribution in [0.15, 0.2) is 91.1 Å². The highest BCUT2D eigenvalue weighted by atomic mass is 35.5. The van der Waals surface area contributed by atoms with Crippen LogP contribution < -0.4 is 0 Å². The maximum absolute atomic E-state index is 13.5. The van der Waals surface area contributed by atoms with Gasteiger partial charge in [0.15, 0.2) is 0 Å². The summed E-state index contributed by atoms with van der Waals surface area (Å²) < 4.78 is 13.5. The lowest BCUT2D eigenvalue weighted by atomic mass is 9.97. The largest absolute Gasteiger partial charge is 0.261 e. The van der Waals surface area contributed by atoms with E-state index in [2.05, 4.69) is 208 Å². The fraction of sp³-hybridized carbons (Fsp3) is 0.525. The molecule has 0 aliphatic heterocycles. The second kappa shape index (κ2) is 28.2. The molecule has 5 rings (SSSR count). The molecule has 0 saturated heterocycles. The standard InChI is InChI=1S/C12H17Cl.C12H17F.C12H19N.C12H18.C11H17N/c2*1-8(2)10-5-6-11(9(3)4)12(13)7-10;1-8(2)11-6-7-12(9(3)4)13-10(11)5;1-9(2)11-5-7-12(8-6-11)10(3)4;1-8(2)10-5-6-11(9(3)4)12-7-10/h2*5-9H,1-4H3;6-9H,1-5H3;5-10H,1-4H3;5-9H,1-4H3. The van der Waals surface area contributed by atoms with Gasteiger partial charge >= 0.3 is 0 Å². The Hall–Kier alpha value is -3.82. The molecule has 0 N–H and O–H groups in total. The van der Waals surface area contributed by atoms with Gasteiger partial charge < -0.3 is 0 Å². The minimum atomic E-state index is -0.0683. The third-order valence-corrected chi connectivity index (χ3v) is 11.7. The Balaban J connectivity index is 0.000000394. The van der Waals surface area contributed by atoms with E-state index < -0.39 is 0 Å². The summed E-state index contributed by atoms with van der Waals surface area (Å²) in [6, 6.07) is 29.6. The van der Waals surface area contributed by atoms with Gasteiger partial charge in [-0.25, -0.2) is 4.39 Å². The number of nitrogens with zero attached hydrogens (tertiary/aromatic N) is 2. The van der Waals surface area contributed by atoms with Crippen molar-refractivity contribution in [2.45, 2.75) is 205 Å². The van der Waals surface area contributed by atoms with Gasteiger partial charge in [-0.1, -0.05) is 211 Å². The van der Waals surface area contributed by atoms with Gasteiger partial charge in [-0.05, 0) is 135 Å². The molecule has 2 aromatic heterocycles. The highest BCUT2D eigenvalue weighted by molar-refractivity contribution is 6.31. The van der Waals surface area contributed by atoms with Crippen LogP contribution >= 0.6 is 11.6 Å². The maximum Gasteiger partial charge on any atom is 0.126 e. The topological polar surface area (TPSA) is 25.8 Å². The SMILES string of the molecule is CC(C)c1ccc(C(C)C)c(Cl)c1.CC(C)c1ccc(C(C)C)c(F)c1.CC(C)c1ccc(C(C)C)cc1.CC(C)c1ccc(C(C)C)nc1.Cc1nc(C(C)C)ccc1C(C)C. The second-order valence-electron chi connectivity index (χ2n) is 20.2. The van der Waals surface area contributed by atoms with Crippen molar-refractivity contribution in [1.82, 2.24) is 9.97 Å². The molecule has 0 unspecified atom stereocenters. The van der Waals surface area contributed by atoms with Gasteiger partial charge in [-0.2, -0.15) is 0 Å². The van der Waals surface area contributed by atoms with Gasteiger partial charge in [0.25, 0.3) is 0 Å². The van der Waals surface area contributed by atoms with Crippen molar-refractivity contribution in [2.24, 2.45) is 0 Å². The molecule has 2 heterocycles. The lowest BCUT2D eigenvalue weighted by molar-refractivity contribution is 0.594. The minimum absolute atomic E-state index is 0.0683. The third-order valence-electron chi connectivity index (χ3n) is 11.3. The quantitative estimate of drug-likeness (QED) is 0.140. The number of hydrogen-bond acceptors (Lipinski definition) is 2. The molecule has 0 saturated carbocycles. The highest BCUT2D eigenvalue weighted by Crippen LogP contribution is 2.28. The number of benzene rings is 3. The predicted molar refractivity (Wildman–Crippen MR) is 278 cm³/mol.